The molecule has 96 valence electrons. The highest BCUT2D eigenvalue weighted by atomic mass is 16.6. The van der Waals surface area contributed by atoms with E-state index in [4.69, 9.17) is 4.74 Å². The third kappa shape index (κ3) is 5.85. The summed E-state index contributed by atoms with van der Waals surface area (Å²) in [4.78, 5) is 0. The summed E-state index contributed by atoms with van der Waals surface area (Å²) in [5.41, 5.74) is 3.84. The van der Waals surface area contributed by atoms with Crippen molar-refractivity contribution in [2.45, 2.75) is 52.7 Å². The van der Waals surface area contributed by atoms with Crippen molar-refractivity contribution in [1.82, 2.24) is 0 Å². The van der Waals surface area contributed by atoms with E-state index in [1.165, 1.54) is 11.1 Å². The lowest BCUT2D eigenvalue weighted by molar-refractivity contribution is -0.0469. The summed E-state index contributed by atoms with van der Waals surface area (Å²) in [6.07, 6.45) is 10.0. The molecule has 1 heterocycles. The Morgan fingerprint density at radius 2 is 2.12 bits per heavy atom. The van der Waals surface area contributed by atoms with Gasteiger partial charge in [-0.1, -0.05) is 29.4 Å². The lowest BCUT2D eigenvalue weighted by Crippen LogP contribution is -2.07. The van der Waals surface area contributed by atoms with Gasteiger partial charge < -0.3 is 9.84 Å². The molecule has 1 unspecified atom stereocenters. The molecule has 2 heteroatoms. The molecule has 0 bridgehead atoms. The van der Waals surface area contributed by atoms with Crippen LogP contribution in [-0.4, -0.2) is 18.0 Å². The van der Waals surface area contributed by atoms with Gasteiger partial charge >= 0.3 is 0 Å². The Morgan fingerprint density at radius 1 is 1.35 bits per heavy atom. The van der Waals surface area contributed by atoms with Crippen LogP contribution in [0.4, 0.5) is 0 Å². The summed E-state index contributed by atoms with van der Waals surface area (Å²) in [7, 11) is 0. The number of aliphatic hydroxyl groups is 1. The maximum Gasteiger partial charge on any atom is 0.177 e. The van der Waals surface area contributed by atoms with Crippen molar-refractivity contribution in [1.29, 1.82) is 0 Å². The number of hydrogen-bond donors (Lipinski definition) is 1. The van der Waals surface area contributed by atoms with Gasteiger partial charge in [0.05, 0.1) is 6.61 Å². The fourth-order valence-electron chi connectivity index (χ4n) is 1.86. The van der Waals surface area contributed by atoms with Gasteiger partial charge in [-0.2, -0.15) is 0 Å². The van der Waals surface area contributed by atoms with Crippen molar-refractivity contribution < 1.29 is 9.84 Å². The van der Waals surface area contributed by atoms with Gasteiger partial charge in [0.2, 0.25) is 0 Å². The first-order valence-corrected chi connectivity index (χ1v) is 6.37. The topological polar surface area (TPSA) is 29.5 Å². The van der Waals surface area contributed by atoms with Crippen molar-refractivity contribution in [2.24, 2.45) is 0 Å². The lowest BCUT2D eigenvalue weighted by Gasteiger charge is -2.06. The Bertz CT molecular complexity index is 320. The highest BCUT2D eigenvalue weighted by Gasteiger charge is 2.15. The first-order chi connectivity index (χ1) is 8.09. The zero-order chi connectivity index (χ0) is 12.7. The van der Waals surface area contributed by atoms with Gasteiger partial charge in [0, 0.05) is 0 Å². The minimum absolute atomic E-state index is 0.555. The van der Waals surface area contributed by atoms with Gasteiger partial charge in [-0.05, 0) is 52.0 Å². The quantitative estimate of drug-likeness (QED) is 0.712. The van der Waals surface area contributed by atoms with E-state index in [0.29, 0.717) is 6.61 Å². The SMILES string of the molecule is CC(C)=CCCC(C)=CCCC1=CCOC1O. The predicted octanol–water partition coefficient (Wildman–Crippen LogP) is 3.73. The summed E-state index contributed by atoms with van der Waals surface area (Å²) in [6, 6.07) is 0. The van der Waals surface area contributed by atoms with Gasteiger partial charge in [0.25, 0.3) is 0 Å². The minimum atomic E-state index is -0.658. The van der Waals surface area contributed by atoms with E-state index in [0.717, 1.165) is 31.3 Å². The Balaban J connectivity index is 2.21. The van der Waals surface area contributed by atoms with E-state index < -0.39 is 6.29 Å². The fourth-order valence-corrected chi connectivity index (χ4v) is 1.86. The Hall–Kier alpha value is -0.860. The van der Waals surface area contributed by atoms with Gasteiger partial charge in [0.15, 0.2) is 6.29 Å². The second-order valence-corrected chi connectivity index (χ2v) is 4.87. The van der Waals surface area contributed by atoms with E-state index >= 15 is 0 Å². The number of hydrogen-bond acceptors (Lipinski definition) is 2. The van der Waals surface area contributed by atoms with Crippen LogP contribution in [0.5, 0.6) is 0 Å². The van der Waals surface area contributed by atoms with E-state index in [1.54, 1.807) is 0 Å². The zero-order valence-corrected chi connectivity index (χ0v) is 11.2. The van der Waals surface area contributed by atoms with Crippen LogP contribution in [0.2, 0.25) is 0 Å². The van der Waals surface area contributed by atoms with Crippen LogP contribution in [0, 0.1) is 0 Å². The summed E-state index contributed by atoms with van der Waals surface area (Å²) in [5.74, 6) is 0. The maximum absolute atomic E-state index is 9.44. The molecule has 0 saturated heterocycles. The molecule has 1 atom stereocenters. The Morgan fingerprint density at radius 3 is 2.71 bits per heavy atom. The number of rotatable bonds is 6. The molecular weight excluding hydrogens is 212 g/mol. The maximum atomic E-state index is 9.44. The molecule has 0 spiro atoms. The monoisotopic (exact) mass is 236 g/mol. The minimum Gasteiger partial charge on any atom is -0.364 e. The molecule has 0 saturated carbocycles. The smallest absolute Gasteiger partial charge is 0.177 e. The standard InChI is InChI=1S/C15H24O2/c1-12(2)6-4-7-13(3)8-5-9-14-10-11-17-15(14)16/h6,8,10,15-16H,4-5,7,9,11H2,1-3H3. The van der Waals surface area contributed by atoms with Crippen LogP contribution in [0.25, 0.3) is 0 Å². The zero-order valence-electron chi connectivity index (χ0n) is 11.2. The molecule has 0 amide bonds. The van der Waals surface area contributed by atoms with Crippen LogP contribution in [0.3, 0.4) is 0 Å². The largest absolute Gasteiger partial charge is 0.364 e. The number of aliphatic hydroxyl groups excluding tert-OH is 1. The third-order valence-corrected chi connectivity index (χ3v) is 2.93. The molecular formula is C15H24O2. The first kappa shape index (κ1) is 14.2. The van der Waals surface area contributed by atoms with E-state index in [2.05, 4.69) is 32.9 Å². The lowest BCUT2D eigenvalue weighted by atomic mass is 10.1. The molecule has 2 nitrogen and oxygen atoms in total. The molecule has 1 N–H and O–H groups in total. The summed E-state index contributed by atoms with van der Waals surface area (Å²) >= 11 is 0. The fraction of sp³-hybridized carbons (Fsp3) is 0.600. The number of ether oxygens (including phenoxy) is 1. The van der Waals surface area contributed by atoms with Gasteiger partial charge in [-0.15, -0.1) is 0 Å². The third-order valence-electron chi connectivity index (χ3n) is 2.93. The van der Waals surface area contributed by atoms with Gasteiger partial charge in [-0.3, -0.25) is 0 Å². The van der Waals surface area contributed by atoms with E-state index in [9.17, 15) is 5.11 Å². The molecule has 0 aromatic heterocycles. The summed E-state index contributed by atoms with van der Waals surface area (Å²) in [5, 5.41) is 9.44. The van der Waals surface area contributed by atoms with Crippen molar-refractivity contribution in [3.05, 3.63) is 34.9 Å². The van der Waals surface area contributed by atoms with Crippen LogP contribution in [0.1, 0.15) is 46.5 Å². The Kier molecular flexibility index (Phi) is 6.23. The van der Waals surface area contributed by atoms with Crippen LogP contribution < -0.4 is 0 Å². The average Bonchev–Trinajstić information content (AvgIpc) is 2.64. The van der Waals surface area contributed by atoms with Crippen LogP contribution in [0.15, 0.2) is 34.9 Å². The highest BCUT2D eigenvalue weighted by Crippen LogP contribution is 2.18. The molecule has 0 aromatic rings. The summed E-state index contributed by atoms with van der Waals surface area (Å²) in [6.45, 7) is 6.99. The normalized spacial score (nSPS) is 20.4. The molecule has 1 aliphatic heterocycles. The van der Waals surface area contributed by atoms with E-state index in [1.807, 2.05) is 6.08 Å². The number of allylic oxidation sites excluding steroid dienone is 4. The summed E-state index contributed by atoms with van der Waals surface area (Å²) < 4.78 is 5.05. The highest BCUT2D eigenvalue weighted by molar-refractivity contribution is 5.11. The molecule has 0 aromatic carbocycles. The predicted molar refractivity (Wildman–Crippen MR) is 71.7 cm³/mol. The van der Waals surface area contributed by atoms with Crippen molar-refractivity contribution in [3.8, 4) is 0 Å². The van der Waals surface area contributed by atoms with Gasteiger partial charge in [-0.25, -0.2) is 0 Å². The second-order valence-electron chi connectivity index (χ2n) is 4.87. The molecule has 0 aliphatic carbocycles. The molecule has 0 fully saturated rings. The van der Waals surface area contributed by atoms with Gasteiger partial charge in [0.1, 0.15) is 0 Å². The Labute approximate surface area is 105 Å². The van der Waals surface area contributed by atoms with Crippen molar-refractivity contribution >= 4 is 0 Å². The average molecular weight is 236 g/mol. The van der Waals surface area contributed by atoms with E-state index in [-0.39, 0.29) is 0 Å². The molecule has 17 heavy (non-hydrogen) atoms. The van der Waals surface area contributed by atoms with Crippen LogP contribution in [-0.2, 0) is 4.74 Å². The first-order valence-electron chi connectivity index (χ1n) is 6.37. The molecule has 1 rings (SSSR count). The van der Waals surface area contributed by atoms with Crippen molar-refractivity contribution in [2.75, 3.05) is 6.61 Å². The second kappa shape index (κ2) is 7.46. The van der Waals surface area contributed by atoms with Crippen molar-refractivity contribution in [3.63, 3.8) is 0 Å². The molecule has 1 aliphatic rings. The molecule has 0 radical (unpaired) electrons. The van der Waals surface area contributed by atoms with Crippen LogP contribution >= 0.6 is 0 Å².